The van der Waals surface area contributed by atoms with Gasteiger partial charge in [0.1, 0.15) is 23.3 Å². The molecule has 2 atom stereocenters. The van der Waals surface area contributed by atoms with Crippen LogP contribution in [0.25, 0.3) is 0 Å². The van der Waals surface area contributed by atoms with Gasteiger partial charge in [-0.05, 0) is 49.2 Å². The van der Waals surface area contributed by atoms with Crippen LogP contribution in [0.4, 0.5) is 4.39 Å². The Kier molecular flexibility index (Phi) is 7.62. The lowest BCUT2D eigenvalue weighted by Crippen LogP contribution is -2.60. The standard InChI is InChI=1S/C28H32FN3O6/c1-36-22-8-3-6-20(16-22)27(35)32-24(25(33)30-17-23-9-4-14-37-23)18-38-28(32)10-12-31(13-11-28)26(34)19-5-2-7-21(29)15-19/h2-3,5-8,15-16,23-24H,4,9-14,17-18H2,1H3,(H,30,33)/t23-,24-/m1/s1. The maximum atomic E-state index is 13.9. The molecule has 202 valence electrons. The first-order valence-corrected chi connectivity index (χ1v) is 13.0. The fourth-order valence-corrected chi connectivity index (χ4v) is 5.46. The summed E-state index contributed by atoms with van der Waals surface area (Å²) >= 11 is 0. The lowest BCUT2D eigenvalue weighted by atomic mass is 9.96. The van der Waals surface area contributed by atoms with Gasteiger partial charge in [-0.25, -0.2) is 4.39 Å². The number of piperidine rings is 1. The van der Waals surface area contributed by atoms with Crippen molar-refractivity contribution >= 4 is 17.7 Å². The van der Waals surface area contributed by atoms with Crippen LogP contribution in [-0.2, 0) is 14.3 Å². The SMILES string of the molecule is COc1cccc(C(=O)N2[C@@H](C(=O)NC[C@H]3CCCO3)COC23CCN(C(=O)c2cccc(F)c2)CC3)c1. The summed E-state index contributed by atoms with van der Waals surface area (Å²) in [6.07, 6.45) is 2.45. The predicted molar refractivity (Wildman–Crippen MR) is 135 cm³/mol. The summed E-state index contributed by atoms with van der Waals surface area (Å²) in [6, 6.07) is 11.5. The van der Waals surface area contributed by atoms with Crippen molar-refractivity contribution in [1.29, 1.82) is 0 Å². The molecular weight excluding hydrogens is 493 g/mol. The van der Waals surface area contributed by atoms with E-state index in [-0.39, 0.29) is 36.0 Å². The summed E-state index contributed by atoms with van der Waals surface area (Å²) in [4.78, 5) is 43.4. The molecule has 0 bridgehead atoms. The van der Waals surface area contributed by atoms with Gasteiger partial charge in [-0.3, -0.25) is 19.3 Å². The Hall–Kier alpha value is -3.50. The molecule has 3 aliphatic rings. The van der Waals surface area contributed by atoms with E-state index in [9.17, 15) is 18.8 Å². The number of nitrogens with one attached hydrogen (secondary N) is 1. The molecule has 0 aromatic heterocycles. The number of carbonyl (C=O) groups is 3. The zero-order valence-electron chi connectivity index (χ0n) is 21.4. The molecule has 2 aromatic carbocycles. The molecule has 38 heavy (non-hydrogen) atoms. The van der Waals surface area contributed by atoms with E-state index in [1.165, 1.54) is 30.2 Å². The Bertz CT molecular complexity index is 1190. The fourth-order valence-electron chi connectivity index (χ4n) is 5.46. The first-order chi connectivity index (χ1) is 18.4. The van der Waals surface area contributed by atoms with E-state index in [0.29, 0.717) is 50.4 Å². The number of amides is 3. The highest BCUT2D eigenvalue weighted by Gasteiger charge is 2.54. The Balaban J connectivity index is 1.36. The van der Waals surface area contributed by atoms with Gasteiger partial charge in [-0.1, -0.05) is 12.1 Å². The van der Waals surface area contributed by atoms with Crippen molar-refractivity contribution in [2.75, 3.05) is 40.0 Å². The number of methoxy groups -OCH3 is 1. The molecule has 1 N–H and O–H groups in total. The van der Waals surface area contributed by atoms with Gasteiger partial charge in [0.25, 0.3) is 11.8 Å². The topological polar surface area (TPSA) is 97.4 Å². The molecule has 2 aromatic rings. The van der Waals surface area contributed by atoms with Gasteiger partial charge in [0.2, 0.25) is 5.91 Å². The second kappa shape index (κ2) is 11.1. The van der Waals surface area contributed by atoms with Crippen LogP contribution in [0.15, 0.2) is 48.5 Å². The van der Waals surface area contributed by atoms with Crippen molar-refractivity contribution in [1.82, 2.24) is 15.1 Å². The molecule has 0 saturated carbocycles. The van der Waals surface area contributed by atoms with Crippen LogP contribution in [-0.4, -0.2) is 85.3 Å². The Morgan fingerprint density at radius 1 is 1.08 bits per heavy atom. The van der Waals surface area contributed by atoms with Crippen molar-refractivity contribution < 1.29 is 33.0 Å². The molecule has 3 amide bonds. The van der Waals surface area contributed by atoms with Crippen molar-refractivity contribution in [3.63, 3.8) is 0 Å². The van der Waals surface area contributed by atoms with Gasteiger partial charge in [-0.2, -0.15) is 0 Å². The molecule has 10 heteroatoms. The Morgan fingerprint density at radius 2 is 1.82 bits per heavy atom. The van der Waals surface area contributed by atoms with Crippen LogP contribution in [0.5, 0.6) is 5.75 Å². The van der Waals surface area contributed by atoms with Gasteiger partial charge in [0, 0.05) is 50.2 Å². The van der Waals surface area contributed by atoms with E-state index in [0.717, 1.165) is 12.8 Å². The second-order valence-corrected chi connectivity index (χ2v) is 9.86. The number of carbonyl (C=O) groups excluding carboxylic acids is 3. The third-order valence-corrected chi connectivity index (χ3v) is 7.53. The number of hydrogen-bond donors (Lipinski definition) is 1. The fraction of sp³-hybridized carbons (Fsp3) is 0.464. The number of benzene rings is 2. The van der Waals surface area contributed by atoms with E-state index in [2.05, 4.69) is 5.32 Å². The van der Waals surface area contributed by atoms with E-state index in [4.69, 9.17) is 14.2 Å². The molecule has 3 fully saturated rings. The van der Waals surface area contributed by atoms with Crippen LogP contribution in [0.2, 0.25) is 0 Å². The van der Waals surface area contributed by atoms with Gasteiger partial charge < -0.3 is 24.4 Å². The predicted octanol–water partition coefficient (Wildman–Crippen LogP) is 2.60. The van der Waals surface area contributed by atoms with Gasteiger partial charge >= 0.3 is 0 Å². The number of halogens is 1. The van der Waals surface area contributed by atoms with Gasteiger partial charge in [0.15, 0.2) is 0 Å². The van der Waals surface area contributed by atoms with Crippen LogP contribution in [0.1, 0.15) is 46.4 Å². The maximum absolute atomic E-state index is 13.9. The van der Waals surface area contributed by atoms with Gasteiger partial charge in [-0.15, -0.1) is 0 Å². The minimum atomic E-state index is -1.05. The van der Waals surface area contributed by atoms with Crippen molar-refractivity contribution in [3.05, 3.63) is 65.5 Å². The highest BCUT2D eigenvalue weighted by atomic mass is 19.1. The maximum Gasteiger partial charge on any atom is 0.257 e. The zero-order valence-corrected chi connectivity index (χ0v) is 21.4. The normalized spacial score (nSPS) is 22.5. The van der Waals surface area contributed by atoms with E-state index in [1.807, 2.05) is 0 Å². The average Bonchev–Trinajstić information content (AvgIpc) is 3.60. The third kappa shape index (κ3) is 5.23. The van der Waals surface area contributed by atoms with Crippen molar-refractivity contribution in [2.24, 2.45) is 0 Å². The summed E-state index contributed by atoms with van der Waals surface area (Å²) in [5.41, 5.74) is -0.404. The molecule has 1 spiro atoms. The quantitative estimate of drug-likeness (QED) is 0.623. The molecule has 0 aliphatic carbocycles. The molecule has 3 heterocycles. The minimum Gasteiger partial charge on any atom is -0.497 e. The van der Waals surface area contributed by atoms with Crippen LogP contribution in [0.3, 0.4) is 0 Å². The Labute approximate surface area is 220 Å². The highest BCUT2D eigenvalue weighted by molar-refractivity contribution is 5.99. The zero-order chi connectivity index (χ0) is 26.7. The monoisotopic (exact) mass is 525 g/mol. The van der Waals surface area contributed by atoms with Gasteiger partial charge in [0.05, 0.1) is 19.8 Å². The molecule has 3 saturated heterocycles. The summed E-state index contributed by atoms with van der Waals surface area (Å²) in [7, 11) is 1.52. The summed E-state index contributed by atoms with van der Waals surface area (Å²) in [5.74, 6) is -0.875. The van der Waals surface area contributed by atoms with Crippen molar-refractivity contribution in [3.8, 4) is 5.75 Å². The second-order valence-electron chi connectivity index (χ2n) is 9.86. The van der Waals surface area contributed by atoms with E-state index in [1.54, 1.807) is 35.2 Å². The number of nitrogens with zero attached hydrogens (tertiary/aromatic N) is 2. The molecule has 9 nitrogen and oxygen atoms in total. The third-order valence-electron chi connectivity index (χ3n) is 7.53. The largest absolute Gasteiger partial charge is 0.497 e. The summed E-state index contributed by atoms with van der Waals surface area (Å²) in [5, 5.41) is 2.94. The molecule has 5 rings (SSSR count). The first-order valence-electron chi connectivity index (χ1n) is 13.0. The molecule has 0 radical (unpaired) electrons. The van der Waals surface area contributed by atoms with Crippen LogP contribution >= 0.6 is 0 Å². The molecule has 0 unspecified atom stereocenters. The average molecular weight is 526 g/mol. The van der Waals surface area contributed by atoms with Crippen LogP contribution in [0, 0.1) is 5.82 Å². The first kappa shape index (κ1) is 26.1. The van der Waals surface area contributed by atoms with E-state index < -0.39 is 17.6 Å². The number of rotatable bonds is 6. The lowest BCUT2D eigenvalue weighted by molar-refractivity contribution is -0.128. The summed E-state index contributed by atoms with van der Waals surface area (Å²) in [6.45, 7) is 1.69. The number of likely N-dealkylation sites (tertiary alicyclic amines) is 1. The highest BCUT2D eigenvalue weighted by Crippen LogP contribution is 2.39. The smallest absolute Gasteiger partial charge is 0.257 e. The number of hydrogen-bond acceptors (Lipinski definition) is 6. The van der Waals surface area contributed by atoms with Crippen molar-refractivity contribution in [2.45, 2.75) is 43.6 Å². The number of ether oxygens (including phenoxy) is 3. The minimum absolute atomic E-state index is 0.0326. The molecule has 3 aliphatic heterocycles. The van der Waals surface area contributed by atoms with Crippen LogP contribution < -0.4 is 10.1 Å². The van der Waals surface area contributed by atoms with E-state index >= 15 is 0 Å². The molecular formula is C28H32FN3O6. The Morgan fingerprint density at radius 3 is 2.50 bits per heavy atom. The lowest BCUT2D eigenvalue weighted by Gasteiger charge is -2.44. The summed E-state index contributed by atoms with van der Waals surface area (Å²) < 4.78 is 30.8.